The van der Waals surface area contributed by atoms with Gasteiger partial charge in [0.1, 0.15) is 17.3 Å². The van der Waals surface area contributed by atoms with Crippen LogP contribution in [0.15, 0.2) is 36.7 Å². The second-order valence-electron chi connectivity index (χ2n) is 5.71. The number of anilines is 2. The van der Waals surface area contributed by atoms with E-state index in [0.29, 0.717) is 18.1 Å². The van der Waals surface area contributed by atoms with Gasteiger partial charge in [-0.2, -0.15) is 0 Å². The van der Waals surface area contributed by atoms with E-state index in [1.165, 1.54) is 6.20 Å². The molecule has 0 bridgehead atoms. The summed E-state index contributed by atoms with van der Waals surface area (Å²) in [5.74, 6) is 1.08. The number of benzene rings is 1. The maximum atomic E-state index is 12.2. The Hall–Kier alpha value is -2.67. The highest BCUT2D eigenvalue weighted by atomic mass is 16.5. The first-order chi connectivity index (χ1) is 12.1. The topological polar surface area (TPSA) is 85.4 Å². The highest BCUT2D eigenvalue weighted by Gasteiger charge is 2.09. The molecular weight excluding hydrogens is 320 g/mol. The molecule has 0 saturated heterocycles. The van der Waals surface area contributed by atoms with Crippen molar-refractivity contribution in [2.75, 3.05) is 30.9 Å². The van der Waals surface area contributed by atoms with Gasteiger partial charge in [-0.1, -0.05) is 0 Å². The van der Waals surface area contributed by atoms with Crippen molar-refractivity contribution >= 4 is 17.4 Å². The van der Waals surface area contributed by atoms with Crippen LogP contribution in [0.2, 0.25) is 0 Å². The van der Waals surface area contributed by atoms with Crippen molar-refractivity contribution in [3.05, 3.63) is 42.4 Å². The Bertz CT molecular complexity index is 657. The summed E-state index contributed by atoms with van der Waals surface area (Å²) in [6.45, 7) is 5.34. The van der Waals surface area contributed by atoms with Gasteiger partial charge in [-0.15, -0.1) is 0 Å². The quantitative estimate of drug-likeness (QED) is 0.680. The van der Waals surface area contributed by atoms with Gasteiger partial charge in [-0.25, -0.2) is 9.97 Å². The average Bonchev–Trinajstić information content (AvgIpc) is 2.60. The number of carbonyl (C=O) groups is 1. The third-order valence-electron chi connectivity index (χ3n) is 3.20. The first-order valence-electron chi connectivity index (χ1n) is 8.21. The van der Waals surface area contributed by atoms with Crippen LogP contribution in [0.4, 0.5) is 11.5 Å². The lowest BCUT2D eigenvalue weighted by molar-refractivity contribution is 0.102. The molecule has 2 aromatic rings. The van der Waals surface area contributed by atoms with Crippen LogP contribution in [0.25, 0.3) is 0 Å². The van der Waals surface area contributed by atoms with Crippen molar-refractivity contribution in [2.24, 2.45) is 0 Å². The number of nitrogens with zero attached hydrogens (tertiary/aromatic N) is 2. The van der Waals surface area contributed by atoms with Gasteiger partial charge in [0.2, 0.25) is 0 Å². The average molecular weight is 344 g/mol. The van der Waals surface area contributed by atoms with Crippen molar-refractivity contribution in [3.8, 4) is 5.75 Å². The normalized spacial score (nSPS) is 10.6. The van der Waals surface area contributed by atoms with Crippen LogP contribution in [0, 0.1) is 0 Å². The minimum Gasteiger partial charge on any atom is -0.491 e. The van der Waals surface area contributed by atoms with Gasteiger partial charge < -0.3 is 20.1 Å². The van der Waals surface area contributed by atoms with E-state index in [0.717, 1.165) is 18.7 Å². The first kappa shape index (κ1) is 18.7. The van der Waals surface area contributed by atoms with Crippen molar-refractivity contribution in [1.82, 2.24) is 9.97 Å². The Morgan fingerprint density at radius 3 is 2.52 bits per heavy atom. The highest BCUT2D eigenvalue weighted by molar-refractivity contribution is 6.02. The fourth-order valence-corrected chi connectivity index (χ4v) is 2.05. The number of hydrogen-bond donors (Lipinski definition) is 2. The van der Waals surface area contributed by atoms with E-state index in [1.807, 2.05) is 26.0 Å². The second-order valence-corrected chi connectivity index (χ2v) is 5.71. The summed E-state index contributed by atoms with van der Waals surface area (Å²) >= 11 is 0. The van der Waals surface area contributed by atoms with Gasteiger partial charge in [0.25, 0.3) is 5.91 Å². The number of rotatable bonds is 9. The van der Waals surface area contributed by atoms with Crippen molar-refractivity contribution in [3.63, 3.8) is 0 Å². The molecule has 0 spiro atoms. The molecule has 7 heteroatoms. The Balaban J connectivity index is 1.87. The zero-order chi connectivity index (χ0) is 18.1. The Morgan fingerprint density at radius 1 is 1.16 bits per heavy atom. The van der Waals surface area contributed by atoms with Gasteiger partial charge in [-0.3, -0.25) is 4.79 Å². The number of methoxy groups -OCH3 is 1. The largest absolute Gasteiger partial charge is 0.491 e. The molecule has 1 amide bonds. The number of amides is 1. The van der Waals surface area contributed by atoms with Crippen molar-refractivity contribution in [2.45, 2.75) is 26.4 Å². The fourth-order valence-electron chi connectivity index (χ4n) is 2.05. The molecule has 0 aliphatic rings. The van der Waals surface area contributed by atoms with Crippen LogP contribution in [0.5, 0.6) is 5.75 Å². The van der Waals surface area contributed by atoms with Gasteiger partial charge in [-0.05, 0) is 44.5 Å². The predicted molar refractivity (Wildman–Crippen MR) is 97.2 cm³/mol. The van der Waals surface area contributed by atoms with E-state index < -0.39 is 0 Å². The molecule has 0 atom stereocenters. The zero-order valence-electron chi connectivity index (χ0n) is 14.8. The molecule has 2 N–H and O–H groups in total. The molecule has 0 aliphatic carbocycles. The van der Waals surface area contributed by atoms with Gasteiger partial charge >= 0.3 is 0 Å². The Labute approximate surface area is 147 Å². The summed E-state index contributed by atoms with van der Waals surface area (Å²) in [6, 6.07) is 7.20. The smallest absolute Gasteiger partial charge is 0.275 e. The molecule has 1 aromatic carbocycles. The monoisotopic (exact) mass is 344 g/mol. The minimum absolute atomic E-state index is 0.109. The third-order valence-corrected chi connectivity index (χ3v) is 3.20. The molecular formula is C18H24N4O3. The Morgan fingerprint density at radius 2 is 1.92 bits per heavy atom. The van der Waals surface area contributed by atoms with Crippen LogP contribution in [0.1, 0.15) is 30.8 Å². The summed E-state index contributed by atoms with van der Waals surface area (Å²) in [4.78, 5) is 20.5. The third kappa shape index (κ3) is 6.39. The lowest BCUT2D eigenvalue weighted by Crippen LogP contribution is -2.15. The summed E-state index contributed by atoms with van der Waals surface area (Å²) in [6.07, 6.45) is 3.97. The fraction of sp³-hybridized carbons (Fsp3) is 0.389. The van der Waals surface area contributed by atoms with E-state index in [4.69, 9.17) is 9.47 Å². The summed E-state index contributed by atoms with van der Waals surface area (Å²) in [5.41, 5.74) is 0.926. The summed E-state index contributed by atoms with van der Waals surface area (Å²) in [5, 5.41) is 5.90. The SMILES string of the molecule is COCCCNc1cnc(C(=O)Nc2ccc(OC(C)C)cc2)cn1. The lowest BCUT2D eigenvalue weighted by Gasteiger charge is -2.10. The van der Waals surface area contributed by atoms with Crippen LogP contribution in [-0.4, -0.2) is 42.2 Å². The lowest BCUT2D eigenvalue weighted by atomic mass is 10.3. The highest BCUT2D eigenvalue weighted by Crippen LogP contribution is 2.17. The first-order valence-corrected chi connectivity index (χ1v) is 8.21. The number of nitrogens with one attached hydrogen (secondary N) is 2. The molecule has 0 saturated carbocycles. The molecule has 7 nitrogen and oxygen atoms in total. The van der Waals surface area contributed by atoms with Crippen molar-refractivity contribution < 1.29 is 14.3 Å². The number of carbonyl (C=O) groups excluding carboxylic acids is 1. The molecule has 0 aliphatic heterocycles. The predicted octanol–water partition coefficient (Wildman–Crippen LogP) is 2.96. The van der Waals surface area contributed by atoms with E-state index in [9.17, 15) is 4.79 Å². The molecule has 134 valence electrons. The number of ether oxygens (including phenoxy) is 2. The van der Waals surface area contributed by atoms with E-state index in [1.54, 1.807) is 25.4 Å². The van der Waals surface area contributed by atoms with Crippen LogP contribution in [-0.2, 0) is 4.74 Å². The van der Waals surface area contributed by atoms with Gasteiger partial charge in [0.15, 0.2) is 0 Å². The van der Waals surface area contributed by atoms with Crippen LogP contribution in [0.3, 0.4) is 0 Å². The maximum Gasteiger partial charge on any atom is 0.275 e. The second kappa shape index (κ2) is 9.58. The van der Waals surface area contributed by atoms with Crippen LogP contribution < -0.4 is 15.4 Å². The maximum absolute atomic E-state index is 12.2. The minimum atomic E-state index is -0.309. The molecule has 0 fully saturated rings. The van der Waals surface area contributed by atoms with E-state index in [2.05, 4.69) is 20.6 Å². The number of aromatic nitrogens is 2. The van der Waals surface area contributed by atoms with Crippen molar-refractivity contribution in [1.29, 1.82) is 0 Å². The van der Waals surface area contributed by atoms with Gasteiger partial charge in [0, 0.05) is 25.9 Å². The van der Waals surface area contributed by atoms with Crippen LogP contribution >= 0.6 is 0 Å². The molecule has 0 radical (unpaired) electrons. The molecule has 25 heavy (non-hydrogen) atoms. The Kier molecular flexibility index (Phi) is 7.16. The standard InChI is InChI=1S/C18H24N4O3/c1-13(2)25-15-7-5-14(6-8-15)22-18(23)16-11-21-17(12-20-16)19-9-4-10-24-3/h5-8,11-13H,4,9-10H2,1-3H3,(H,19,21)(H,22,23). The molecule has 0 unspecified atom stereocenters. The zero-order valence-corrected chi connectivity index (χ0v) is 14.8. The van der Waals surface area contributed by atoms with E-state index >= 15 is 0 Å². The number of hydrogen-bond acceptors (Lipinski definition) is 6. The van der Waals surface area contributed by atoms with Gasteiger partial charge in [0.05, 0.1) is 18.5 Å². The van der Waals surface area contributed by atoms with E-state index in [-0.39, 0.29) is 17.7 Å². The summed E-state index contributed by atoms with van der Waals surface area (Å²) in [7, 11) is 1.66. The molecule has 1 aromatic heterocycles. The summed E-state index contributed by atoms with van der Waals surface area (Å²) < 4.78 is 10.5. The molecule has 1 heterocycles. The molecule has 2 rings (SSSR count).